The van der Waals surface area contributed by atoms with Crippen LogP contribution in [0.2, 0.25) is 0 Å². The maximum Gasteiger partial charge on any atom is 0.309 e. The van der Waals surface area contributed by atoms with Gasteiger partial charge in [0.1, 0.15) is 0 Å². The zero-order valence-corrected chi connectivity index (χ0v) is 7.18. The van der Waals surface area contributed by atoms with Crippen molar-refractivity contribution in [3.63, 3.8) is 0 Å². The van der Waals surface area contributed by atoms with E-state index in [1.165, 1.54) is 0 Å². The number of carboxylic acids is 1. The van der Waals surface area contributed by atoms with Crippen LogP contribution in [0.1, 0.15) is 5.56 Å². The predicted molar refractivity (Wildman–Crippen MR) is 48.4 cm³/mol. The van der Waals surface area contributed by atoms with Crippen molar-refractivity contribution in [2.75, 3.05) is 6.61 Å². The van der Waals surface area contributed by atoms with E-state index in [9.17, 15) is 4.79 Å². The maximum atomic E-state index is 10.6. The fourth-order valence-electron chi connectivity index (χ4n) is 1.13. The lowest BCUT2D eigenvalue weighted by Crippen LogP contribution is -2.20. The van der Waals surface area contributed by atoms with E-state index in [1.807, 2.05) is 30.3 Å². The van der Waals surface area contributed by atoms with Crippen molar-refractivity contribution in [3.8, 4) is 0 Å². The Hall–Kier alpha value is -1.35. The van der Waals surface area contributed by atoms with Gasteiger partial charge in [0.05, 0.1) is 12.5 Å². The molecule has 1 atom stereocenters. The van der Waals surface area contributed by atoms with Gasteiger partial charge in [-0.15, -0.1) is 0 Å². The molecule has 0 bridgehead atoms. The van der Waals surface area contributed by atoms with Crippen molar-refractivity contribution in [1.82, 2.24) is 0 Å². The van der Waals surface area contributed by atoms with Crippen LogP contribution in [0.5, 0.6) is 0 Å². The minimum atomic E-state index is -0.952. The third kappa shape index (κ3) is 2.87. The highest BCUT2D eigenvalue weighted by Crippen LogP contribution is 2.07. The van der Waals surface area contributed by atoms with Gasteiger partial charge in [0.25, 0.3) is 0 Å². The summed E-state index contributed by atoms with van der Waals surface area (Å²) in [6.07, 6.45) is 0.382. The summed E-state index contributed by atoms with van der Waals surface area (Å²) in [7, 11) is 0. The Morgan fingerprint density at radius 1 is 1.31 bits per heavy atom. The van der Waals surface area contributed by atoms with Crippen molar-refractivity contribution in [1.29, 1.82) is 0 Å². The Labute approximate surface area is 76.6 Å². The van der Waals surface area contributed by atoms with Crippen LogP contribution < -0.4 is 0 Å². The molecule has 0 fully saturated rings. The summed E-state index contributed by atoms with van der Waals surface area (Å²) in [5.41, 5.74) is 0.934. The molecule has 13 heavy (non-hydrogen) atoms. The second kappa shape index (κ2) is 4.62. The Balaban J connectivity index is 2.62. The van der Waals surface area contributed by atoms with Crippen LogP contribution in [0.4, 0.5) is 0 Å². The van der Waals surface area contributed by atoms with Crippen LogP contribution in [0.15, 0.2) is 30.3 Å². The first-order valence-electron chi connectivity index (χ1n) is 4.11. The van der Waals surface area contributed by atoms with E-state index in [4.69, 9.17) is 10.2 Å². The molecule has 70 valence electrons. The second-order valence-corrected chi connectivity index (χ2v) is 2.91. The van der Waals surface area contributed by atoms with Gasteiger partial charge in [-0.2, -0.15) is 0 Å². The number of benzene rings is 1. The molecule has 1 aromatic rings. The number of aliphatic hydroxyl groups excluding tert-OH is 1. The van der Waals surface area contributed by atoms with Crippen molar-refractivity contribution < 1.29 is 15.0 Å². The van der Waals surface area contributed by atoms with Crippen LogP contribution in [0, 0.1) is 5.92 Å². The largest absolute Gasteiger partial charge is 0.481 e. The van der Waals surface area contributed by atoms with Gasteiger partial charge < -0.3 is 10.2 Å². The third-order valence-corrected chi connectivity index (χ3v) is 1.89. The summed E-state index contributed by atoms with van der Waals surface area (Å²) < 4.78 is 0. The van der Waals surface area contributed by atoms with Crippen LogP contribution >= 0.6 is 0 Å². The highest BCUT2D eigenvalue weighted by atomic mass is 16.4. The number of hydrogen-bond acceptors (Lipinski definition) is 2. The van der Waals surface area contributed by atoms with E-state index in [1.54, 1.807) is 0 Å². The van der Waals surface area contributed by atoms with Gasteiger partial charge in [-0.05, 0) is 12.0 Å². The van der Waals surface area contributed by atoms with Gasteiger partial charge in [0, 0.05) is 0 Å². The topological polar surface area (TPSA) is 57.5 Å². The fraction of sp³-hybridized carbons (Fsp3) is 0.300. The number of carboxylic acid groups (broad SMARTS) is 1. The van der Waals surface area contributed by atoms with Gasteiger partial charge in [-0.25, -0.2) is 0 Å². The summed E-state index contributed by atoms with van der Waals surface area (Å²) >= 11 is 0. The van der Waals surface area contributed by atoms with Gasteiger partial charge >= 0.3 is 5.97 Å². The molecule has 0 unspecified atom stereocenters. The number of aliphatic carboxylic acids is 1. The normalized spacial score (nSPS) is 12.4. The molecule has 0 radical (unpaired) electrons. The molecule has 0 amide bonds. The van der Waals surface area contributed by atoms with Crippen LogP contribution in [-0.4, -0.2) is 22.8 Å². The zero-order chi connectivity index (χ0) is 9.68. The Kier molecular flexibility index (Phi) is 3.46. The first kappa shape index (κ1) is 9.74. The zero-order valence-electron chi connectivity index (χ0n) is 7.18. The van der Waals surface area contributed by atoms with E-state index < -0.39 is 11.9 Å². The standard InChI is InChI=1S/C10H12O3/c11-7-9(10(12)13)6-8-4-2-1-3-5-8/h1-5,9,11H,6-7H2,(H,12,13)/t9-/m1/s1. The lowest BCUT2D eigenvalue weighted by molar-refractivity contribution is -0.143. The summed E-state index contributed by atoms with van der Waals surface area (Å²) in [6.45, 7) is -0.315. The number of aliphatic hydroxyl groups is 1. The molecule has 2 N–H and O–H groups in total. The van der Waals surface area contributed by atoms with Crippen molar-refractivity contribution in [2.24, 2.45) is 5.92 Å². The first-order valence-corrected chi connectivity index (χ1v) is 4.11. The first-order chi connectivity index (χ1) is 6.24. The average Bonchev–Trinajstić information content (AvgIpc) is 2.15. The molecule has 3 nitrogen and oxygen atoms in total. The number of hydrogen-bond donors (Lipinski definition) is 2. The molecule has 1 aromatic carbocycles. The molecule has 0 aliphatic carbocycles. The van der Waals surface area contributed by atoms with Crippen molar-refractivity contribution in [3.05, 3.63) is 35.9 Å². The third-order valence-electron chi connectivity index (χ3n) is 1.89. The van der Waals surface area contributed by atoms with E-state index in [0.717, 1.165) is 5.56 Å². The molecule has 0 aliphatic heterocycles. The lowest BCUT2D eigenvalue weighted by Gasteiger charge is -2.07. The maximum absolute atomic E-state index is 10.6. The summed E-state index contributed by atoms with van der Waals surface area (Å²) in [5, 5.41) is 17.5. The Morgan fingerprint density at radius 3 is 2.38 bits per heavy atom. The van der Waals surface area contributed by atoms with Crippen molar-refractivity contribution >= 4 is 5.97 Å². The van der Waals surface area contributed by atoms with Gasteiger partial charge in [0.2, 0.25) is 0 Å². The molecular formula is C10H12O3. The molecule has 1 rings (SSSR count). The second-order valence-electron chi connectivity index (χ2n) is 2.91. The molecular weight excluding hydrogens is 168 g/mol. The molecule has 0 saturated carbocycles. The summed E-state index contributed by atoms with van der Waals surface area (Å²) in [5.74, 6) is -1.64. The van der Waals surface area contributed by atoms with Crippen LogP contribution in [-0.2, 0) is 11.2 Å². The number of rotatable bonds is 4. The highest BCUT2D eigenvalue weighted by molar-refractivity contribution is 5.70. The smallest absolute Gasteiger partial charge is 0.309 e. The summed E-state index contributed by atoms with van der Waals surface area (Å²) in [4.78, 5) is 10.6. The summed E-state index contributed by atoms with van der Waals surface area (Å²) in [6, 6.07) is 9.28. The molecule has 0 aromatic heterocycles. The predicted octanol–water partition coefficient (Wildman–Crippen LogP) is 0.922. The SMILES string of the molecule is O=C(O)[C@@H](CO)Cc1ccccc1. The Bertz CT molecular complexity index is 269. The highest BCUT2D eigenvalue weighted by Gasteiger charge is 2.15. The number of carbonyl (C=O) groups is 1. The minimum Gasteiger partial charge on any atom is -0.481 e. The van der Waals surface area contributed by atoms with E-state index in [0.29, 0.717) is 6.42 Å². The molecule has 0 saturated heterocycles. The van der Waals surface area contributed by atoms with Crippen LogP contribution in [0.3, 0.4) is 0 Å². The van der Waals surface area contributed by atoms with E-state index in [-0.39, 0.29) is 6.61 Å². The Morgan fingerprint density at radius 2 is 1.92 bits per heavy atom. The van der Waals surface area contributed by atoms with Gasteiger partial charge in [0.15, 0.2) is 0 Å². The van der Waals surface area contributed by atoms with Crippen molar-refractivity contribution in [2.45, 2.75) is 6.42 Å². The van der Waals surface area contributed by atoms with Crippen LogP contribution in [0.25, 0.3) is 0 Å². The quantitative estimate of drug-likeness (QED) is 0.724. The minimum absolute atomic E-state index is 0.315. The molecule has 0 heterocycles. The lowest BCUT2D eigenvalue weighted by atomic mass is 10.0. The molecule has 0 spiro atoms. The van der Waals surface area contributed by atoms with Gasteiger partial charge in [-0.1, -0.05) is 30.3 Å². The monoisotopic (exact) mass is 180 g/mol. The fourth-order valence-corrected chi connectivity index (χ4v) is 1.13. The molecule has 0 aliphatic rings. The van der Waals surface area contributed by atoms with Gasteiger partial charge in [-0.3, -0.25) is 4.79 Å². The van der Waals surface area contributed by atoms with E-state index >= 15 is 0 Å². The molecule has 3 heteroatoms. The van der Waals surface area contributed by atoms with E-state index in [2.05, 4.69) is 0 Å². The average molecular weight is 180 g/mol.